The van der Waals surface area contributed by atoms with Gasteiger partial charge in [0, 0.05) is 24.3 Å². The largest absolute Gasteiger partial charge is 0.330 e. The predicted octanol–water partition coefficient (Wildman–Crippen LogP) is 3.49. The van der Waals surface area contributed by atoms with E-state index < -0.39 is 21.7 Å². The van der Waals surface area contributed by atoms with Gasteiger partial charge in [-0.15, -0.1) is 0 Å². The Kier molecular flexibility index (Phi) is 5.04. The fraction of sp³-hybridized carbons (Fsp3) is 0.158. The van der Waals surface area contributed by atoms with Crippen LogP contribution in [0.5, 0.6) is 0 Å². The molecule has 2 N–H and O–H groups in total. The zero-order chi connectivity index (χ0) is 21.6. The van der Waals surface area contributed by atoms with Crippen molar-refractivity contribution in [3.05, 3.63) is 59.8 Å². The van der Waals surface area contributed by atoms with Crippen LogP contribution in [-0.4, -0.2) is 32.5 Å². The number of anilines is 2. The number of aryl methyl sites for hydroxylation is 1. The van der Waals surface area contributed by atoms with Crippen molar-refractivity contribution in [1.29, 1.82) is 0 Å². The number of sulfonamides is 1. The Morgan fingerprint density at radius 3 is 2.37 bits per heavy atom. The number of hydrogen-bond acceptors (Lipinski definition) is 5. The van der Waals surface area contributed by atoms with E-state index in [0.29, 0.717) is 24.3 Å². The molecule has 1 aromatic heterocycles. The lowest BCUT2D eigenvalue weighted by Gasteiger charge is -2.17. The third kappa shape index (κ3) is 3.66. The highest BCUT2D eigenvalue weighted by Crippen LogP contribution is 2.33. The molecule has 4 rings (SSSR count). The molecule has 1 aliphatic rings. The van der Waals surface area contributed by atoms with Crippen molar-refractivity contribution in [2.24, 2.45) is 5.14 Å². The van der Waals surface area contributed by atoms with Gasteiger partial charge in [0.2, 0.25) is 10.0 Å². The summed E-state index contributed by atoms with van der Waals surface area (Å²) in [5, 5.41) is 5.44. The molecule has 0 unspecified atom stereocenters. The van der Waals surface area contributed by atoms with Crippen molar-refractivity contribution in [3.63, 3.8) is 0 Å². The Bertz CT molecular complexity index is 1240. The fourth-order valence-corrected chi connectivity index (χ4v) is 5.21. The smallest absolute Gasteiger partial charge is 0.292 e. The minimum Gasteiger partial charge on any atom is -0.292 e. The molecule has 1 saturated heterocycles. The molecule has 0 atom stereocenters. The summed E-state index contributed by atoms with van der Waals surface area (Å²) in [6.07, 6.45) is 0. The highest BCUT2D eigenvalue weighted by atomic mass is 32.2. The number of nitrogens with zero attached hydrogens (tertiary/aromatic N) is 3. The Labute approximate surface area is 175 Å². The lowest BCUT2D eigenvalue weighted by Crippen LogP contribution is -2.31. The van der Waals surface area contributed by atoms with Gasteiger partial charge in [-0.25, -0.2) is 32.1 Å². The standard InChI is InChI=1S/C19H16F2N4O3S2/c1-11-17(30(22,27)28)29-18(23-11)25-9-8-24(19(25)26)14-5-2-12(3-6-14)15-10-13(20)4-7-16(15)21/h2-7,10H,8-9H2,1H3,(H2,22,27,28). The third-order valence-electron chi connectivity index (χ3n) is 4.66. The summed E-state index contributed by atoms with van der Waals surface area (Å²) in [7, 11) is -3.92. The zero-order valence-corrected chi connectivity index (χ0v) is 17.3. The van der Waals surface area contributed by atoms with E-state index in [1.54, 1.807) is 24.3 Å². The lowest BCUT2D eigenvalue weighted by molar-refractivity contribution is 0.256. The minimum absolute atomic E-state index is 0.0785. The van der Waals surface area contributed by atoms with E-state index in [9.17, 15) is 22.0 Å². The van der Waals surface area contributed by atoms with Crippen LogP contribution in [0.15, 0.2) is 46.7 Å². The maximum atomic E-state index is 14.0. The van der Waals surface area contributed by atoms with E-state index in [1.165, 1.54) is 16.7 Å². The number of thiazole rings is 1. The molecule has 0 bridgehead atoms. The summed E-state index contributed by atoms with van der Waals surface area (Å²) >= 11 is 0.845. The van der Waals surface area contributed by atoms with Gasteiger partial charge < -0.3 is 0 Å². The van der Waals surface area contributed by atoms with Crippen LogP contribution in [0.4, 0.5) is 24.4 Å². The average Bonchev–Trinajstić information content (AvgIpc) is 3.26. The van der Waals surface area contributed by atoms with Gasteiger partial charge in [-0.3, -0.25) is 9.80 Å². The van der Waals surface area contributed by atoms with Gasteiger partial charge in [0.1, 0.15) is 11.6 Å². The molecule has 1 fully saturated rings. The molecule has 2 heterocycles. The molecular formula is C19H16F2N4O3S2. The number of primary sulfonamides is 1. The Morgan fingerprint density at radius 1 is 1.07 bits per heavy atom. The highest BCUT2D eigenvalue weighted by molar-refractivity contribution is 7.91. The van der Waals surface area contributed by atoms with E-state index in [-0.39, 0.29) is 26.6 Å². The number of aromatic nitrogens is 1. The van der Waals surface area contributed by atoms with Crippen LogP contribution in [0.1, 0.15) is 5.69 Å². The molecule has 0 radical (unpaired) electrons. The number of amides is 2. The lowest BCUT2D eigenvalue weighted by atomic mass is 10.0. The van der Waals surface area contributed by atoms with Gasteiger partial charge in [-0.05, 0) is 42.8 Å². The normalized spacial score (nSPS) is 14.6. The molecule has 0 aliphatic carbocycles. The number of rotatable bonds is 4. The molecule has 11 heteroatoms. The molecule has 3 aromatic rings. The van der Waals surface area contributed by atoms with Gasteiger partial charge >= 0.3 is 6.03 Å². The molecule has 1 aliphatic heterocycles. The topological polar surface area (TPSA) is 96.6 Å². The summed E-state index contributed by atoms with van der Waals surface area (Å²) in [5.74, 6) is -1.09. The van der Waals surface area contributed by atoms with Crippen LogP contribution < -0.4 is 14.9 Å². The number of nitrogens with two attached hydrogens (primary N) is 1. The quantitative estimate of drug-likeness (QED) is 0.658. The van der Waals surface area contributed by atoms with Gasteiger partial charge in [0.25, 0.3) is 0 Å². The van der Waals surface area contributed by atoms with Gasteiger partial charge in [-0.2, -0.15) is 0 Å². The van der Waals surface area contributed by atoms with Crippen LogP contribution in [0.25, 0.3) is 11.1 Å². The van der Waals surface area contributed by atoms with Crippen molar-refractivity contribution in [1.82, 2.24) is 4.98 Å². The van der Waals surface area contributed by atoms with E-state index in [1.807, 2.05) is 0 Å². The number of carbonyl (C=O) groups excluding carboxylic acids is 1. The van der Waals surface area contributed by atoms with E-state index in [2.05, 4.69) is 4.98 Å². The minimum atomic E-state index is -3.92. The second kappa shape index (κ2) is 7.42. The molecule has 7 nitrogen and oxygen atoms in total. The van der Waals surface area contributed by atoms with Crippen LogP contribution in [0.2, 0.25) is 0 Å². The Hall–Kier alpha value is -2.89. The first-order chi connectivity index (χ1) is 14.1. The first kappa shape index (κ1) is 20.4. The van der Waals surface area contributed by atoms with E-state index in [4.69, 9.17) is 5.14 Å². The van der Waals surface area contributed by atoms with Crippen molar-refractivity contribution in [2.45, 2.75) is 11.1 Å². The highest BCUT2D eigenvalue weighted by Gasteiger charge is 2.34. The molecule has 2 aromatic carbocycles. The van der Waals surface area contributed by atoms with Crippen molar-refractivity contribution < 1.29 is 22.0 Å². The summed E-state index contributed by atoms with van der Waals surface area (Å²) in [6.45, 7) is 2.19. The van der Waals surface area contributed by atoms with Crippen molar-refractivity contribution in [3.8, 4) is 11.1 Å². The number of carbonyl (C=O) groups is 1. The number of hydrogen-bond donors (Lipinski definition) is 1. The van der Waals surface area contributed by atoms with E-state index in [0.717, 1.165) is 29.5 Å². The molecular weight excluding hydrogens is 434 g/mol. The van der Waals surface area contributed by atoms with Crippen LogP contribution in [-0.2, 0) is 10.0 Å². The second-order valence-corrected chi connectivity index (χ2v) is 9.41. The summed E-state index contributed by atoms with van der Waals surface area (Å²) in [6, 6.07) is 9.35. The summed E-state index contributed by atoms with van der Waals surface area (Å²) in [5.41, 5.74) is 1.42. The second-order valence-electron chi connectivity index (χ2n) is 6.67. The van der Waals surface area contributed by atoms with Crippen LogP contribution >= 0.6 is 11.3 Å². The van der Waals surface area contributed by atoms with Crippen molar-refractivity contribution in [2.75, 3.05) is 22.9 Å². The molecule has 0 spiro atoms. The molecule has 30 heavy (non-hydrogen) atoms. The van der Waals surface area contributed by atoms with Crippen LogP contribution in [0.3, 0.4) is 0 Å². The molecule has 2 amide bonds. The molecule has 0 saturated carbocycles. The zero-order valence-electron chi connectivity index (χ0n) is 15.7. The SMILES string of the molecule is Cc1nc(N2CCN(c3ccc(-c4cc(F)ccc4F)cc3)C2=O)sc1S(N)(=O)=O. The third-order valence-corrected chi connectivity index (χ3v) is 7.39. The monoisotopic (exact) mass is 450 g/mol. The predicted molar refractivity (Wildman–Crippen MR) is 110 cm³/mol. The number of benzene rings is 2. The van der Waals surface area contributed by atoms with Gasteiger partial charge in [0.15, 0.2) is 9.34 Å². The Balaban J connectivity index is 1.58. The van der Waals surface area contributed by atoms with E-state index >= 15 is 0 Å². The van der Waals surface area contributed by atoms with Crippen molar-refractivity contribution >= 4 is 38.2 Å². The number of halogens is 2. The Morgan fingerprint density at radius 2 is 1.73 bits per heavy atom. The van der Waals surface area contributed by atoms with Gasteiger partial charge in [-0.1, -0.05) is 23.5 Å². The first-order valence-corrected chi connectivity index (χ1v) is 11.2. The molecule has 156 valence electrons. The maximum Gasteiger partial charge on any atom is 0.330 e. The van der Waals surface area contributed by atoms with Crippen LogP contribution in [0, 0.1) is 18.6 Å². The number of urea groups is 1. The fourth-order valence-electron chi connectivity index (χ4n) is 3.24. The summed E-state index contributed by atoms with van der Waals surface area (Å²) in [4.78, 5) is 19.9. The first-order valence-electron chi connectivity index (χ1n) is 8.80. The van der Waals surface area contributed by atoms with Gasteiger partial charge in [0.05, 0.1) is 5.69 Å². The average molecular weight is 450 g/mol. The summed E-state index contributed by atoms with van der Waals surface area (Å²) < 4.78 is 50.6. The maximum absolute atomic E-state index is 14.0.